The molecule has 0 atom stereocenters. The third-order valence-corrected chi connectivity index (χ3v) is 5.87. The van der Waals surface area contributed by atoms with Crippen molar-refractivity contribution in [3.05, 3.63) is 11.6 Å². The Kier molecular flexibility index (Phi) is 7.93. The average molecular weight is 376 g/mol. The molecule has 27 heavy (non-hydrogen) atoms. The molecule has 2 aliphatic heterocycles. The minimum absolute atomic E-state index is 0.835. The lowest BCUT2D eigenvalue weighted by molar-refractivity contribution is 0.191. The van der Waals surface area contributed by atoms with Crippen molar-refractivity contribution >= 4 is 5.96 Å². The monoisotopic (exact) mass is 375 g/mol. The average Bonchev–Trinajstić information content (AvgIpc) is 2.91. The first-order chi connectivity index (χ1) is 13.3. The van der Waals surface area contributed by atoms with Crippen molar-refractivity contribution in [3.8, 4) is 0 Å². The predicted octanol–water partition coefficient (Wildman–Crippen LogP) is 1.83. The van der Waals surface area contributed by atoms with Gasteiger partial charge in [0, 0.05) is 39.5 Å². The molecule has 0 amide bonds. The highest BCUT2D eigenvalue weighted by Crippen LogP contribution is 2.16. The first kappa shape index (κ1) is 20.1. The standard InChI is InChI=1S/C20H37N7/c1-17-9-15-26(16-10-17)13-6-11-22-20(21-2)23-12-8-19-25-24-18-7-4-3-5-14-27(18)19/h17H,3-16H2,1-2H3,(H2,21,22,23). The first-order valence-corrected chi connectivity index (χ1v) is 10.8. The van der Waals surface area contributed by atoms with Gasteiger partial charge in [-0.2, -0.15) is 0 Å². The summed E-state index contributed by atoms with van der Waals surface area (Å²) in [4.78, 5) is 6.93. The Labute approximate surface area is 164 Å². The molecule has 0 radical (unpaired) electrons. The molecule has 7 nitrogen and oxygen atoms in total. The van der Waals surface area contributed by atoms with Gasteiger partial charge in [-0.05, 0) is 57.7 Å². The molecule has 1 saturated heterocycles. The van der Waals surface area contributed by atoms with E-state index in [9.17, 15) is 0 Å². The summed E-state index contributed by atoms with van der Waals surface area (Å²) >= 11 is 0. The van der Waals surface area contributed by atoms with E-state index in [0.717, 1.165) is 62.4 Å². The van der Waals surface area contributed by atoms with Crippen molar-refractivity contribution in [2.45, 2.75) is 64.8 Å². The van der Waals surface area contributed by atoms with Gasteiger partial charge < -0.3 is 20.1 Å². The quantitative estimate of drug-likeness (QED) is 0.432. The van der Waals surface area contributed by atoms with Crippen LogP contribution in [-0.2, 0) is 19.4 Å². The van der Waals surface area contributed by atoms with Crippen molar-refractivity contribution in [1.29, 1.82) is 0 Å². The summed E-state index contributed by atoms with van der Waals surface area (Å²) in [6.45, 7) is 8.94. The molecule has 0 aliphatic carbocycles. The van der Waals surface area contributed by atoms with Gasteiger partial charge in [-0.3, -0.25) is 4.99 Å². The van der Waals surface area contributed by atoms with Crippen LogP contribution in [0.25, 0.3) is 0 Å². The van der Waals surface area contributed by atoms with Crippen LogP contribution in [0, 0.1) is 5.92 Å². The Morgan fingerprint density at radius 2 is 1.89 bits per heavy atom. The fraction of sp³-hybridized carbons (Fsp3) is 0.850. The van der Waals surface area contributed by atoms with Crippen molar-refractivity contribution in [2.24, 2.45) is 10.9 Å². The van der Waals surface area contributed by atoms with Crippen LogP contribution in [-0.4, -0.2) is 65.4 Å². The number of aromatic nitrogens is 3. The van der Waals surface area contributed by atoms with E-state index < -0.39 is 0 Å². The molecule has 1 fully saturated rings. The maximum absolute atomic E-state index is 4.40. The number of fused-ring (bicyclic) bond motifs is 1. The Hall–Kier alpha value is -1.63. The van der Waals surface area contributed by atoms with E-state index in [0.29, 0.717) is 0 Å². The number of aryl methyl sites for hydroxylation is 1. The lowest BCUT2D eigenvalue weighted by atomic mass is 9.99. The number of hydrogen-bond acceptors (Lipinski definition) is 4. The van der Waals surface area contributed by atoms with Crippen molar-refractivity contribution < 1.29 is 0 Å². The fourth-order valence-electron chi connectivity index (χ4n) is 4.04. The Morgan fingerprint density at radius 3 is 2.70 bits per heavy atom. The lowest BCUT2D eigenvalue weighted by Crippen LogP contribution is -2.40. The van der Waals surface area contributed by atoms with Gasteiger partial charge in [0.1, 0.15) is 11.6 Å². The van der Waals surface area contributed by atoms with Crippen LogP contribution in [0.3, 0.4) is 0 Å². The number of piperidine rings is 1. The zero-order valence-electron chi connectivity index (χ0n) is 17.2. The van der Waals surface area contributed by atoms with Crippen LogP contribution in [0.15, 0.2) is 4.99 Å². The second kappa shape index (κ2) is 10.6. The molecule has 0 aromatic carbocycles. The highest BCUT2D eigenvalue weighted by molar-refractivity contribution is 5.79. The first-order valence-electron chi connectivity index (χ1n) is 10.8. The van der Waals surface area contributed by atoms with Gasteiger partial charge in [-0.1, -0.05) is 13.3 Å². The number of guanidine groups is 1. The smallest absolute Gasteiger partial charge is 0.190 e. The SMILES string of the molecule is CN=C(NCCCN1CCC(C)CC1)NCCc1nnc2n1CCCCC2. The summed E-state index contributed by atoms with van der Waals surface area (Å²) in [5, 5.41) is 15.6. The number of aliphatic imine (C=N–C) groups is 1. The Balaban J connectivity index is 1.32. The molecule has 7 heteroatoms. The van der Waals surface area contributed by atoms with Crippen LogP contribution in [0.4, 0.5) is 0 Å². The largest absolute Gasteiger partial charge is 0.356 e. The molecule has 1 aromatic rings. The van der Waals surface area contributed by atoms with Crippen molar-refractivity contribution in [1.82, 2.24) is 30.3 Å². The maximum Gasteiger partial charge on any atom is 0.190 e. The molecule has 3 rings (SSSR count). The van der Waals surface area contributed by atoms with E-state index in [1.807, 2.05) is 7.05 Å². The molecular weight excluding hydrogens is 338 g/mol. The summed E-state index contributed by atoms with van der Waals surface area (Å²) in [5.74, 6) is 4.06. The van der Waals surface area contributed by atoms with Gasteiger partial charge in [0.05, 0.1) is 0 Å². The van der Waals surface area contributed by atoms with E-state index in [-0.39, 0.29) is 0 Å². The van der Waals surface area contributed by atoms with Gasteiger partial charge in [-0.25, -0.2) is 0 Å². The fourth-order valence-corrected chi connectivity index (χ4v) is 4.04. The zero-order valence-corrected chi connectivity index (χ0v) is 17.2. The van der Waals surface area contributed by atoms with Crippen LogP contribution in [0.1, 0.15) is 57.1 Å². The van der Waals surface area contributed by atoms with Gasteiger partial charge in [-0.15, -0.1) is 10.2 Å². The second-order valence-electron chi connectivity index (χ2n) is 8.05. The van der Waals surface area contributed by atoms with Crippen LogP contribution in [0.2, 0.25) is 0 Å². The molecule has 0 unspecified atom stereocenters. The van der Waals surface area contributed by atoms with Gasteiger partial charge >= 0.3 is 0 Å². The highest BCUT2D eigenvalue weighted by atomic mass is 15.3. The van der Waals surface area contributed by atoms with E-state index in [2.05, 4.69) is 42.2 Å². The van der Waals surface area contributed by atoms with Crippen molar-refractivity contribution in [3.63, 3.8) is 0 Å². The number of rotatable bonds is 7. The maximum atomic E-state index is 4.40. The van der Waals surface area contributed by atoms with E-state index >= 15 is 0 Å². The molecule has 2 N–H and O–H groups in total. The van der Waals surface area contributed by atoms with E-state index in [1.54, 1.807) is 0 Å². The predicted molar refractivity (Wildman–Crippen MR) is 110 cm³/mol. The van der Waals surface area contributed by atoms with Crippen molar-refractivity contribution in [2.75, 3.05) is 39.8 Å². The van der Waals surface area contributed by atoms with Crippen LogP contribution >= 0.6 is 0 Å². The molecule has 3 heterocycles. The Bertz CT molecular complexity index is 587. The normalized spacial score (nSPS) is 19.6. The van der Waals surface area contributed by atoms with Crippen LogP contribution < -0.4 is 10.6 Å². The molecular formula is C20H37N7. The summed E-state index contributed by atoms with van der Waals surface area (Å²) in [5.41, 5.74) is 0. The third kappa shape index (κ3) is 6.19. The molecule has 2 aliphatic rings. The summed E-state index contributed by atoms with van der Waals surface area (Å²) < 4.78 is 2.32. The number of nitrogens with zero attached hydrogens (tertiary/aromatic N) is 5. The summed E-state index contributed by atoms with van der Waals surface area (Å²) in [6.07, 6.45) is 9.60. The van der Waals surface area contributed by atoms with E-state index in [1.165, 1.54) is 51.7 Å². The molecule has 152 valence electrons. The third-order valence-electron chi connectivity index (χ3n) is 5.87. The van der Waals surface area contributed by atoms with E-state index in [4.69, 9.17) is 0 Å². The van der Waals surface area contributed by atoms with Gasteiger partial charge in [0.2, 0.25) is 0 Å². The highest BCUT2D eigenvalue weighted by Gasteiger charge is 2.15. The number of likely N-dealkylation sites (tertiary alicyclic amines) is 1. The molecule has 1 aromatic heterocycles. The van der Waals surface area contributed by atoms with Gasteiger partial charge in [0.15, 0.2) is 5.96 Å². The molecule has 0 bridgehead atoms. The molecule has 0 saturated carbocycles. The minimum atomic E-state index is 0.835. The summed E-state index contributed by atoms with van der Waals surface area (Å²) in [6, 6.07) is 0. The summed E-state index contributed by atoms with van der Waals surface area (Å²) in [7, 11) is 1.84. The molecule has 0 spiro atoms. The van der Waals surface area contributed by atoms with Gasteiger partial charge in [0.25, 0.3) is 0 Å². The Morgan fingerprint density at radius 1 is 1.07 bits per heavy atom. The number of hydrogen-bond donors (Lipinski definition) is 2. The number of nitrogens with one attached hydrogen (secondary N) is 2. The zero-order chi connectivity index (χ0) is 18.9. The topological polar surface area (TPSA) is 70.4 Å². The minimum Gasteiger partial charge on any atom is -0.356 e. The second-order valence-corrected chi connectivity index (χ2v) is 8.05. The van der Waals surface area contributed by atoms with Crippen LogP contribution in [0.5, 0.6) is 0 Å². The lowest BCUT2D eigenvalue weighted by Gasteiger charge is -2.30.